The highest BCUT2D eigenvalue weighted by Crippen LogP contribution is 2.48. The van der Waals surface area contributed by atoms with Gasteiger partial charge in [-0.1, -0.05) is 91.5 Å². The van der Waals surface area contributed by atoms with Gasteiger partial charge in [0.2, 0.25) is 0 Å². The zero-order valence-corrected chi connectivity index (χ0v) is 18.5. The highest BCUT2D eigenvalue weighted by Gasteiger charge is 2.43. The third kappa shape index (κ3) is 3.62. The van der Waals surface area contributed by atoms with Crippen LogP contribution in [0.1, 0.15) is 48.8 Å². The minimum Gasteiger partial charge on any atom is -0.283 e. The predicted molar refractivity (Wildman–Crippen MR) is 128 cm³/mol. The zero-order chi connectivity index (χ0) is 21.3. The highest BCUT2D eigenvalue weighted by molar-refractivity contribution is 7.99. The van der Waals surface area contributed by atoms with E-state index < -0.39 is 0 Å². The summed E-state index contributed by atoms with van der Waals surface area (Å²) in [5.41, 5.74) is 5.37. The van der Waals surface area contributed by atoms with Crippen molar-refractivity contribution in [3.63, 3.8) is 0 Å². The Kier molecular flexibility index (Phi) is 5.46. The first-order chi connectivity index (χ1) is 15.2. The molecule has 1 saturated carbocycles. The molecule has 2 aromatic carbocycles. The first kappa shape index (κ1) is 20.2. The number of hydrogen-bond acceptors (Lipinski definition) is 3. The van der Waals surface area contributed by atoms with Crippen LogP contribution in [-0.4, -0.2) is 15.3 Å². The van der Waals surface area contributed by atoms with Crippen molar-refractivity contribution in [2.24, 2.45) is 0 Å². The van der Waals surface area contributed by atoms with Crippen LogP contribution in [0.15, 0.2) is 64.5 Å². The molecule has 31 heavy (non-hydrogen) atoms. The van der Waals surface area contributed by atoms with Crippen LogP contribution in [0.25, 0.3) is 11.3 Å². The molecule has 1 spiro atoms. The Morgan fingerprint density at radius 2 is 1.77 bits per heavy atom. The smallest absolute Gasteiger partial charge is 0.258 e. The van der Waals surface area contributed by atoms with Gasteiger partial charge in [-0.05, 0) is 30.4 Å². The maximum atomic E-state index is 14.1. The molecule has 1 fully saturated rings. The van der Waals surface area contributed by atoms with Gasteiger partial charge < -0.3 is 0 Å². The molecule has 0 saturated heterocycles. The van der Waals surface area contributed by atoms with Crippen molar-refractivity contribution in [2.45, 2.75) is 55.6 Å². The van der Waals surface area contributed by atoms with Gasteiger partial charge in [-0.3, -0.25) is 9.36 Å². The maximum absolute atomic E-state index is 14.1. The Hall–Kier alpha value is -2.77. The van der Waals surface area contributed by atoms with Crippen LogP contribution in [0.3, 0.4) is 0 Å². The first-order valence-electron chi connectivity index (χ1n) is 11.1. The van der Waals surface area contributed by atoms with Gasteiger partial charge in [0.1, 0.15) is 0 Å². The highest BCUT2D eigenvalue weighted by atomic mass is 32.2. The summed E-state index contributed by atoms with van der Waals surface area (Å²) in [4.78, 5) is 19.3. The van der Waals surface area contributed by atoms with Crippen molar-refractivity contribution in [3.05, 3.63) is 81.6 Å². The summed E-state index contributed by atoms with van der Waals surface area (Å²) in [7, 11) is 0. The third-order valence-electron chi connectivity index (χ3n) is 6.74. The normalized spacial score (nSPS) is 16.4. The lowest BCUT2D eigenvalue weighted by molar-refractivity contribution is 0.282. The molecule has 0 N–H and O–H groups in total. The molecule has 0 atom stereocenters. The topological polar surface area (TPSA) is 34.9 Å². The lowest BCUT2D eigenvalue weighted by Gasteiger charge is -2.42. The molecule has 0 aliphatic heterocycles. The van der Waals surface area contributed by atoms with E-state index in [1.165, 1.54) is 36.6 Å². The fourth-order valence-corrected chi connectivity index (χ4v) is 6.02. The van der Waals surface area contributed by atoms with Gasteiger partial charge in [0.05, 0.1) is 23.6 Å². The fraction of sp³-hybridized carbons (Fsp3) is 0.333. The van der Waals surface area contributed by atoms with Gasteiger partial charge in [0, 0.05) is 11.0 Å². The van der Waals surface area contributed by atoms with E-state index >= 15 is 0 Å². The van der Waals surface area contributed by atoms with Crippen LogP contribution >= 0.6 is 11.8 Å². The number of rotatable bonds is 4. The molecule has 1 aromatic heterocycles. The van der Waals surface area contributed by atoms with Gasteiger partial charge in [0.15, 0.2) is 5.16 Å². The Balaban J connectivity index is 1.75. The lowest BCUT2D eigenvalue weighted by Crippen LogP contribution is -2.43. The quantitative estimate of drug-likeness (QED) is 0.316. The van der Waals surface area contributed by atoms with E-state index in [0.717, 1.165) is 41.6 Å². The largest absolute Gasteiger partial charge is 0.283 e. The number of thioether (sulfide) groups is 1. The summed E-state index contributed by atoms with van der Waals surface area (Å²) in [5.74, 6) is 3.18. The molecule has 4 heteroatoms. The third-order valence-corrected chi connectivity index (χ3v) is 7.63. The van der Waals surface area contributed by atoms with E-state index in [4.69, 9.17) is 11.4 Å². The van der Waals surface area contributed by atoms with Gasteiger partial charge >= 0.3 is 0 Å². The Morgan fingerprint density at radius 3 is 2.55 bits per heavy atom. The van der Waals surface area contributed by atoms with E-state index in [9.17, 15) is 4.79 Å². The van der Waals surface area contributed by atoms with Crippen molar-refractivity contribution >= 4 is 11.8 Å². The molecular weight excluding hydrogens is 400 g/mol. The standard InChI is InChI=1S/C27H26N2OS/c1-2-17-31-26-28-24-22-14-8-7-13-21(22)18-27(15-9-4-10-16-27)23(24)25(30)29(26)19-20-11-5-3-6-12-20/h1,3,5-8,11-14H,4,9-10,15-19H2. The molecule has 3 aromatic rings. The number of fused-ring (bicyclic) bond motifs is 4. The van der Waals surface area contributed by atoms with Gasteiger partial charge in [-0.25, -0.2) is 4.98 Å². The number of aromatic nitrogens is 2. The average molecular weight is 427 g/mol. The van der Waals surface area contributed by atoms with Gasteiger partial charge in [0.25, 0.3) is 5.56 Å². The van der Waals surface area contributed by atoms with E-state index in [2.05, 4.69) is 36.3 Å². The first-order valence-corrected chi connectivity index (χ1v) is 12.0. The van der Waals surface area contributed by atoms with Crippen LogP contribution in [0.2, 0.25) is 0 Å². The van der Waals surface area contributed by atoms with E-state index in [-0.39, 0.29) is 11.0 Å². The molecule has 2 aliphatic rings. The lowest BCUT2D eigenvalue weighted by atomic mass is 9.62. The SMILES string of the molecule is C#CCSc1nc2c(c(=O)n1Cc1ccccc1)C1(CCCCC1)Cc1ccccc1-2. The maximum Gasteiger partial charge on any atom is 0.258 e. The van der Waals surface area contributed by atoms with Crippen LogP contribution in [0.4, 0.5) is 0 Å². The number of benzene rings is 2. The summed E-state index contributed by atoms with van der Waals surface area (Å²) in [5, 5.41) is 0.716. The average Bonchev–Trinajstić information content (AvgIpc) is 2.80. The summed E-state index contributed by atoms with van der Waals surface area (Å²) in [6.45, 7) is 0.518. The fourth-order valence-electron chi connectivity index (χ4n) is 5.34. The van der Waals surface area contributed by atoms with Crippen molar-refractivity contribution < 1.29 is 0 Å². The molecule has 156 valence electrons. The van der Waals surface area contributed by atoms with E-state index in [1.54, 1.807) is 0 Å². The van der Waals surface area contributed by atoms with Crippen LogP contribution in [0, 0.1) is 12.3 Å². The number of terminal acetylenes is 1. The van der Waals surface area contributed by atoms with E-state index in [0.29, 0.717) is 17.5 Å². The minimum absolute atomic E-state index is 0.0974. The second-order valence-electron chi connectivity index (χ2n) is 8.66. The molecule has 0 unspecified atom stereocenters. The molecule has 3 nitrogen and oxygen atoms in total. The molecule has 0 amide bonds. The van der Waals surface area contributed by atoms with Crippen LogP contribution in [-0.2, 0) is 18.4 Å². The Labute approximate surface area is 187 Å². The summed E-state index contributed by atoms with van der Waals surface area (Å²) in [6.07, 6.45) is 12.2. The zero-order valence-electron chi connectivity index (χ0n) is 17.6. The minimum atomic E-state index is -0.0974. The van der Waals surface area contributed by atoms with Crippen LogP contribution < -0.4 is 5.56 Å². The van der Waals surface area contributed by atoms with Crippen molar-refractivity contribution in [1.29, 1.82) is 0 Å². The molecule has 2 aliphatic carbocycles. The van der Waals surface area contributed by atoms with Crippen LogP contribution in [0.5, 0.6) is 0 Å². The van der Waals surface area contributed by atoms with Crippen molar-refractivity contribution in [3.8, 4) is 23.6 Å². The summed E-state index contributed by atoms with van der Waals surface area (Å²) >= 11 is 1.48. The Morgan fingerprint density at radius 1 is 1.03 bits per heavy atom. The van der Waals surface area contributed by atoms with Crippen molar-refractivity contribution in [1.82, 2.24) is 9.55 Å². The molecule has 5 rings (SSSR count). The Bertz CT molecular complexity index is 1200. The molecule has 0 bridgehead atoms. The second kappa shape index (κ2) is 8.40. The molecule has 0 radical (unpaired) electrons. The number of nitrogens with zero attached hydrogens (tertiary/aromatic N) is 2. The predicted octanol–water partition coefficient (Wildman–Crippen LogP) is 5.44. The summed E-state index contributed by atoms with van der Waals surface area (Å²) < 4.78 is 1.86. The van der Waals surface area contributed by atoms with E-state index in [1.807, 2.05) is 28.8 Å². The number of hydrogen-bond donors (Lipinski definition) is 0. The summed E-state index contributed by atoms with van der Waals surface area (Å²) in [6, 6.07) is 18.6. The monoisotopic (exact) mass is 426 g/mol. The van der Waals surface area contributed by atoms with Gasteiger partial charge in [-0.15, -0.1) is 6.42 Å². The second-order valence-corrected chi connectivity index (χ2v) is 9.61. The van der Waals surface area contributed by atoms with Gasteiger partial charge in [-0.2, -0.15) is 0 Å². The molecule has 1 heterocycles. The van der Waals surface area contributed by atoms with Crippen molar-refractivity contribution in [2.75, 3.05) is 5.75 Å². The molecular formula is C27H26N2OS.